The normalized spacial score (nSPS) is 14.6. The zero-order valence-corrected chi connectivity index (χ0v) is 20.7. The van der Waals surface area contributed by atoms with Crippen molar-refractivity contribution in [2.24, 2.45) is 0 Å². The number of aromatic nitrogens is 4. The van der Waals surface area contributed by atoms with Crippen LogP contribution in [0.4, 0.5) is 5.95 Å². The number of anilines is 1. The SMILES string of the molecule is CC#CCn1c(N2CCN(C(C)(C)C)CC2)nc2nc(Cl)n(Cc3cccc(C#N)c3)c(=O)c21. The summed E-state index contributed by atoms with van der Waals surface area (Å²) < 4.78 is 3.27. The van der Waals surface area contributed by atoms with Gasteiger partial charge >= 0.3 is 0 Å². The summed E-state index contributed by atoms with van der Waals surface area (Å²) in [5.74, 6) is 6.68. The van der Waals surface area contributed by atoms with E-state index in [2.05, 4.69) is 53.5 Å². The summed E-state index contributed by atoms with van der Waals surface area (Å²) in [6.07, 6.45) is 0. The molecule has 8 nitrogen and oxygen atoms in total. The van der Waals surface area contributed by atoms with Crippen LogP contribution in [0, 0.1) is 23.2 Å². The van der Waals surface area contributed by atoms with E-state index in [4.69, 9.17) is 16.6 Å². The second-order valence-corrected chi connectivity index (χ2v) is 9.66. The van der Waals surface area contributed by atoms with E-state index in [0.29, 0.717) is 29.2 Å². The average Bonchev–Trinajstić information content (AvgIpc) is 3.18. The molecule has 3 aromatic rings. The molecule has 0 N–H and O–H groups in total. The molecule has 1 fully saturated rings. The zero-order chi connectivity index (χ0) is 24.5. The first-order valence-corrected chi connectivity index (χ1v) is 11.7. The minimum Gasteiger partial charge on any atom is -0.340 e. The van der Waals surface area contributed by atoms with Crippen LogP contribution in [0.15, 0.2) is 29.1 Å². The summed E-state index contributed by atoms with van der Waals surface area (Å²) in [4.78, 5) is 27.4. The largest absolute Gasteiger partial charge is 0.340 e. The van der Waals surface area contributed by atoms with E-state index >= 15 is 0 Å². The molecular formula is C25H28ClN7O. The molecule has 0 radical (unpaired) electrons. The first-order valence-electron chi connectivity index (χ1n) is 11.3. The number of hydrogen-bond acceptors (Lipinski definition) is 6. The third kappa shape index (κ3) is 4.65. The third-order valence-electron chi connectivity index (χ3n) is 6.12. The molecule has 34 heavy (non-hydrogen) atoms. The monoisotopic (exact) mass is 477 g/mol. The molecule has 1 aliphatic rings. The van der Waals surface area contributed by atoms with Gasteiger partial charge in [0.25, 0.3) is 5.56 Å². The van der Waals surface area contributed by atoms with E-state index in [0.717, 1.165) is 31.7 Å². The second kappa shape index (κ2) is 9.50. The van der Waals surface area contributed by atoms with Gasteiger partial charge in [0.05, 0.1) is 24.7 Å². The number of rotatable bonds is 4. The Bertz CT molecular complexity index is 1370. The number of hydrogen-bond donors (Lipinski definition) is 0. The molecule has 4 rings (SSSR count). The quantitative estimate of drug-likeness (QED) is 0.424. The van der Waals surface area contributed by atoms with Crippen molar-refractivity contribution in [2.75, 3.05) is 31.1 Å². The summed E-state index contributed by atoms with van der Waals surface area (Å²) in [6, 6.07) is 9.23. The highest BCUT2D eigenvalue weighted by Crippen LogP contribution is 2.24. The van der Waals surface area contributed by atoms with Crippen LogP contribution in [0.3, 0.4) is 0 Å². The van der Waals surface area contributed by atoms with Crippen molar-refractivity contribution in [3.05, 3.63) is 51.0 Å². The second-order valence-electron chi connectivity index (χ2n) is 9.33. The van der Waals surface area contributed by atoms with E-state index in [1.54, 1.807) is 25.1 Å². The molecule has 1 aliphatic heterocycles. The molecule has 3 heterocycles. The van der Waals surface area contributed by atoms with Crippen LogP contribution in [0.5, 0.6) is 0 Å². The standard InChI is InChI=1S/C25H28ClN7O/c1-5-6-10-32-20-21(29-24(32)30-11-13-31(14-12-30)25(2,3)4)28-23(26)33(22(20)34)17-19-9-7-8-18(15-19)16-27/h7-9,15H,10-14,17H2,1-4H3. The van der Waals surface area contributed by atoms with Gasteiger partial charge in [-0.1, -0.05) is 18.1 Å². The van der Waals surface area contributed by atoms with Crippen molar-refractivity contribution in [1.82, 2.24) is 24.0 Å². The molecule has 0 saturated carbocycles. The molecule has 0 spiro atoms. The van der Waals surface area contributed by atoms with Crippen LogP contribution in [-0.4, -0.2) is 55.7 Å². The number of benzene rings is 1. The summed E-state index contributed by atoms with van der Waals surface area (Å²) >= 11 is 6.44. The number of piperazine rings is 1. The van der Waals surface area contributed by atoms with Crippen molar-refractivity contribution >= 4 is 28.7 Å². The van der Waals surface area contributed by atoms with Crippen LogP contribution in [0.1, 0.15) is 38.8 Å². The first kappa shape index (κ1) is 23.8. The van der Waals surface area contributed by atoms with E-state index in [1.165, 1.54) is 4.57 Å². The number of nitriles is 1. The fourth-order valence-electron chi connectivity index (χ4n) is 4.26. The number of fused-ring (bicyclic) bond motifs is 1. The zero-order valence-electron chi connectivity index (χ0n) is 20.0. The Kier molecular flexibility index (Phi) is 6.65. The van der Waals surface area contributed by atoms with Crippen molar-refractivity contribution < 1.29 is 0 Å². The molecule has 0 atom stereocenters. The summed E-state index contributed by atoms with van der Waals surface area (Å²) in [6.45, 7) is 12.4. The van der Waals surface area contributed by atoms with Crippen LogP contribution in [0.25, 0.3) is 11.2 Å². The third-order valence-corrected chi connectivity index (χ3v) is 6.41. The Morgan fingerprint density at radius 1 is 1.12 bits per heavy atom. The van der Waals surface area contributed by atoms with Crippen LogP contribution in [-0.2, 0) is 13.1 Å². The van der Waals surface area contributed by atoms with Gasteiger partial charge in [-0.3, -0.25) is 18.8 Å². The molecule has 1 saturated heterocycles. The summed E-state index contributed by atoms with van der Waals surface area (Å²) in [5.41, 5.74) is 1.85. The van der Waals surface area contributed by atoms with Gasteiger partial charge < -0.3 is 4.90 Å². The molecule has 0 amide bonds. The maximum Gasteiger partial charge on any atom is 0.281 e. The van der Waals surface area contributed by atoms with Gasteiger partial charge in [-0.15, -0.1) is 5.92 Å². The maximum absolute atomic E-state index is 13.6. The van der Waals surface area contributed by atoms with Gasteiger partial charge in [0.1, 0.15) is 0 Å². The fourth-order valence-corrected chi connectivity index (χ4v) is 4.48. The first-order chi connectivity index (χ1) is 16.2. The van der Waals surface area contributed by atoms with Gasteiger partial charge in [-0.2, -0.15) is 15.2 Å². The topological polar surface area (TPSA) is 83.0 Å². The summed E-state index contributed by atoms with van der Waals surface area (Å²) in [7, 11) is 0. The van der Waals surface area contributed by atoms with E-state index < -0.39 is 0 Å². The Labute approximate surface area is 204 Å². The predicted octanol–water partition coefficient (Wildman–Crippen LogP) is 3.11. The molecule has 9 heteroatoms. The van der Waals surface area contributed by atoms with Crippen LogP contribution < -0.4 is 10.5 Å². The number of nitrogens with zero attached hydrogens (tertiary/aromatic N) is 7. The molecule has 0 bridgehead atoms. The maximum atomic E-state index is 13.6. The van der Waals surface area contributed by atoms with Crippen LogP contribution >= 0.6 is 11.6 Å². The number of imidazole rings is 1. The minimum atomic E-state index is -0.276. The molecule has 0 unspecified atom stereocenters. The van der Waals surface area contributed by atoms with E-state index in [9.17, 15) is 10.1 Å². The van der Waals surface area contributed by atoms with Gasteiger partial charge in [-0.25, -0.2) is 0 Å². The highest BCUT2D eigenvalue weighted by Gasteiger charge is 2.29. The Morgan fingerprint density at radius 3 is 2.50 bits per heavy atom. The van der Waals surface area contributed by atoms with Gasteiger partial charge in [0.15, 0.2) is 11.2 Å². The lowest BCUT2D eigenvalue weighted by atomic mass is 10.1. The van der Waals surface area contributed by atoms with Crippen molar-refractivity contribution in [3.8, 4) is 17.9 Å². The molecule has 176 valence electrons. The number of halogens is 1. The highest BCUT2D eigenvalue weighted by molar-refractivity contribution is 6.28. The van der Waals surface area contributed by atoms with Crippen LogP contribution in [0.2, 0.25) is 5.28 Å². The van der Waals surface area contributed by atoms with Gasteiger partial charge in [0.2, 0.25) is 11.2 Å². The lowest BCUT2D eigenvalue weighted by Crippen LogP contribution is -2.54. The van der Waals surface area contributed by atoms with Crippen molar-refractivity contribution in [1.29, 1.82) is 5.26 Å². The smallest absolute Gasteiger partial charge is 0.281 e. The molecule has 1 aromatic carbocycles. The van der Waals surface area contributed by atoms with Gasteiger partial charge in [-0.05, 0) is 57.0 Å². The Hall–Kier alpha value is -3.33. The van der Waals surface area contributed by atoms with Gasteiger partial charge in [0, 0.05) is 31.7 Å². The lowest BCUT2D eigenvalue weighted by molar-refractivity contribution is 0.128. The average molecular weight is 478 g/mol. The van der Waals surface area contributed by atoms with Crippen molar-refractivity contribution in [2.45, 2.75) is 46.3 Å². The minimum absolute atomic E-state index is 0.0650. The lowest BCUT2D eigenvalue weighted by Gasteiger charge is -2.42. The van der Waals surface area contributed by atoms with E-state index in [1.807, 2.05) is 10.6 Å². The predicted molar refractivity (Wildman–Crippen MR) is 134 cm³/mol. The molecular weight excluding hydrogens is 450 g/mol. The summed E-state index contributed by atoms with van der Waals surface area (Å²) in [5, 5.41) is 9.26. The van der Waals surface area contributed by atoms with E-state index in [-0.39, 0.29) is 22.9 Å². The fraction of sp³-hybridized carbons (Fsp3) is 0.440. The molecule has 2 aromatic heterocycles. The Balaban J connectivity index is 1.77. The Morgan fingerprint density at radius 2 is 1.85 bits per heavy atom. The molecule has 0 aliphatic carbocycles. The van der Waals surface area contributed by atoms with Crippen molar-refractivity contribution in [3.63, 3.8) is 0 Å². The highest BCUT2D eigenvalue weighted by atomic mass is 35.5.